The second kappa shape index (κ2) is 8.13. The number of nitrogens with zero attached hydrogens (tertiary/aromatic N) is 1. The van der Waals surface area contributed by atoms with Gasteiger partial charge in [-0.1, -0.05) is 13.8 Å². The van der Waals surface area contributed by atoms with Crippen LogP contribution in [0.25, 0.3) is 0 Å². The summed E-state index contributed by atoms with van der Waals surface area (Å²) in [6, 6.07) is 4.23. The second-order valence-corrected chi connectivity index (χ2v) is 6.82. The molecular formula is C18H26FN3O2. The van der Waals surface area contributed by atoms with Crippen LogP contribution in [0.1, 0.15) is 38.7 Å². The van der Waals surface area contributed by atoms with Crippen molar-refractivity contribution in [3.05, 3.63) is 29.6 Å². The molecule has 0 aliphatic carbocycles. The molecule has 0 spiro atoms. The predicted octanol–water partition coefficient (Wildman–Crippen LogP) is 3.29. The number of hydrogen-bond donors (Lipinski definition) is 2. The van der Waals surface area contributed by atoms with Crippen molar-refractivity contribution in [2.45, 2.75) is 46.1 Å². The van der Waals surface area contributed by atoms with Crippen LogP contribution in [0.3, 0.4) is 0 Å². The highest BCUT2D eigenvalue weighted by Gasteiger charge is 2.24. The van der Waals surface area contributed by atoms with E-state index >= 15 is 0 Å². The van der Waals surface area contributed by atoms with Gasteiger partial charge in [0.2, 0.25) is 5.91 Å². The van der Waals surface area contributed by atoms with Crippen LogP contribution in [0.4, 0.5) is 14.9 Å². The van der Waals surface area contributed by atoms with E-state index in [4.69, 9.17) is 0 Å². The van der Waals surface area contributed by atoms with Crippen molar-refractivity contribution >= 4 is 17.6 Å². The Balaban J connectivity index is 1.77. The summed E-state index contributed by atoms with van der Waals surface area (Å²) in [7, 11) is 0. The van der Waals surface area contributed by atoms with Crippen LogP contribution in [0.5, 0.6) is 0 Å². The first-order valence-corrected chi connectivity index (χ1v) is 8.46. The number of benzene rings is 1. The molecule has 1 aromatic rings. The maximum absolute atomic E-state index is 13.2. The standard InChI is InChI=1S/C18H26FN3O2/c1-12(2)10-17(23)22-8-6-14(7-9-22)20-18(24)21-15-4-5-16(19)13(3)11-15/h4-5,11-12,14H,6-10H2,1-3H3,(H2,20,21,24). The highest BCUT2D eigenvalue weighted by atomic mass is 19.1. The molecule has 132 valence electrons. The van der Waals surface area contributed by atoms with Gasteiger partial charge in [0.15, 0.2) is 0 Å². The van der Waals surface area contributed by atoms with Gasteiger partial charge in [0.1, 0.15) is 5.82 Å². The molecular weight excluding hydrogens is 309 g/mol. The molecule has 1 aliphatic rings. The molecule has 6 heteroatoms. The Morgan fingerprint density at radius 3 is 2.54 bits per heavy atom. The van der Waals surface area contributed by atoms with E-state index in [2.05, 4.69) is 10.6 Å². The maximum Gasteiger partial charge on any atom is 0.319 e. The highest BCUT2D eigenvalue weighted by Crippen LogP contribution is 2.15. The zero-order valence-electron chi connectivity index (χ0n) is 14.6. The molecule has 0 aromatic heterocycles. The summed E-state index contributed by atoms with van der Waals surface area (Å²) in [5.74, 6) is 0.257. The van der Waals surface area contributed by atoms with Crippen LogP contribution in [0.15, 0.2) is 18.2 Å². The molecule has 0 unspecified atom stereocenters. The van der Waals surface area contributed by atoms with Gasteiger partial charge >= 0.3 is 6.03 Å². The molecule has 0 bridgehead atoms. The average Bonchev–Trinajstić information content (AvgIpc) is 2.51. The van der Waals surface area contributed by atoms with Gasteiger partial charge < -0.3 is 15.5 Å². The predicted molar refractivity (Wildman–Crippen MR) is 92.3 cm³/mol. The Morgan fingerprint density at radius 1 is 1.29 bits per heavy atom. The molecule has 3 amide bonds. The first-order valence-electron chi connectivity index (χ1n) is 8.46. The van der Waals surface area contributed by atoms with Crippen molar-refractivity contribution in [3.8, 4) is 0 Å². The van der Waals surface area contributed by atoms with E-state index in [1.165, 1.54) is 12.1 Å². The van der Waals surface area contributed by atoms with Gasteiger partial charge in [-0.05, 0) is 49.4 Å². The van der Waals surface area contributed by atoms with E-state index in [0.29, 0.717) is 36.7 Å². The molecule has 0 saturated carbocycles. The van der Waals surface area contributed by atoms with Gasteiger partial charge in [-0.2, -0.15) is 0 Å². The number of piperidine rings is 1. The molecule has 1 fully saturated rings. The number of nitrogens with one attached hydrogen (secondary N) is 2. The third-order valence-corrected chi connectivity index (χ3v) is 4.18. The molecule has 2 rings (SSSR count). The van der Waals surface area contributed by atoms with Crippen LogP contribution in [0, 0.1) is 18.7 Å². The topological polar surface area (TPSA) is 61.4 Å². The summed E-state index contributed by atoms with van der Waals surface area (Å²) >= 11 is 0. The zero-order chi connectivity index (χ0) is 17.7. The molecule has 2 N–H and O–H groups in total. The second-order valence-electron chi connectivity index (χ2n) is 6.82. The van der Waals surface area contributed by atoms with Gasteiger partial charge in [0.05, 0.1) is 0 Å². The number of aryl methyl sites for hydroxylation is 1. The first-order chi connectivity index (χ1) is 11.3. The Bertz CT molecular complexity index is 596. The number of carbonyl (C=O) groups is 2. The Kier molecular flexibility index (Phi) is 6.17. The minimum absolute atomic E-state index is 0.0506. The van der Waals surface area contributed by atoms with E-state index in [1.807, 2.05) is 18.7 Å². The average molecular weight is 335 g/mol. The minimum Gasteiger partial charge on any atom is -0.343 e. The van der Waals surface area contributed by atoms with Crippen molar-refractivity contribution in [3.63, 3.8) is 0 Å². The van der Waals surface area contributed by atoms with Crippen molar-refractivity contribution in [1.29, 1.82) is 0 Å². The fourth-order valence-corrected chi connectivity index (χ4v) is 2.83. The molecule has 5 nitrogen and oxygen atoms in total. The number of amides is 3. The zero-order valence-corrected chi connectivity index (χ0v) is 14.6. The Hall–Kier alpha value is -2.11. The lowest BCUT2D eigenvalue weighted by atomic mass is 10.0. The number of rotatable bonds is 4. The third-order valence-electron chi connectivity index (χ3n) is 4.18. The number of halogens is 1. The van der Waals surface area contributed by atoms with Crippen LogP contribution in [-0.2, 0) is 4.79 Å². The lowest BCUT2D eigenvalue weighted by Gasteiger charge is -2.32. The maximum atomic E-state index is 13.2. The minimum atomic E-state index is -0.298. The molecule has 1 aliphatic heterocycles. The van der Waals surface area contributed by atoms with Crippen molar-refractivity contribution < 1.29 is 14.0 Å². The lowest BCUT2D eigenvalue weighted by Crippen LogP contribution is -2.47. The lowest BCUT2D eigenvalue weighted by molar-refractivity contribution is -0.133. The monoisotopic (exact) mass is 335 g/mol. The normalized spacial score (nSPS) is 15.5. The summed E-state index contributed by atoms with van der Waals surface area (Å²) in [6.45, 7) is 7.07. The van der Waals surface area contributed by atoms with Crippen molar-refractivity contribution in [1.82, 2.24) is 10.2 Å². The highest BCUT2D eigenvalue weighted by molar-refractivity contribution is 5.89. The van der Waals surface area contributed by atoms with Crippen LogP contribution < -0.4 is 10.6 Å². The first kappa shape index (κ1) is 18.2. The third kappa shape index (κ3) is 5.22. The van der Waals surface area contributed by atoms with E-state index in [1.54, 1.807) is 13.0 Å². The van der Waals surface area contributed by atoms with Gasteiger partial charge in [0.25, 0.3) is 0 Å². The number of anilines is 1. The van der Waals surface area contributed by atoms with Gasteiger partial charge in [-0.15, -0.1) is 0 Å². The van der Waals surface area contributed by atoms with E-state index in [0.717, 1.165) is 12.8 Å². The quantitative estimate of drug-likeness (QED) is 0.887. The Morgan fingerprint density at radius 2 is 1.96 bits per heavy atom. The number of likely N-dealkylation sites (tertiary alicyclic amines) is 1. The molecule has 0 atom stereocenters. The van der Waals surface area contributed by atoms with Crippen molar-refractivity contribution in [2.75, 3.05) is 18.4 Å². The molecule has 1 saturated heterocycles. The fourth-order valence-electron chi connectivity index (χ4n) is 2.83. The summed E-state index contributed by atoms with van der Waals surface area (Å²) in [6.07, 6.45) is 2.07. The number of urea groups is 1. The summed E-state index contributed by atoms with van der Waals surface area (Å²) < 4.78 is 13.2. The number of hydrogen-bond acceptors (Lipinski definition) is 2. The fraction of sp³-hybridized carbons (Fsp3) is 0.556. The molecule has 24 heavy (non-hydrogen) atoms. The Labute approximate surface area is 142 Å². The largest absolute Gasteiger partial charge is 0.343 e. The SMILES string of the molecule is Cc1cc(NC(=O)NC2CCN(C(=O)CC(C)C)CC2)ccc1F. The van der Waals surface area contributed by atoms with Gasteiger partial charge in [-0.25, -0.2) is 9.18 Å². The molecule has 1 heterocycles. The van der Waals surface area contributed by atoms with Gasteiger partial charge in [-0.3, -0.25) is 4.79 Å². The van der Waals surface area contributed by atoms with E-state index in [-0.39, 0.29) is 23.8 Å². The molecule has 1 aromatic carbocycles. The van der Waals surface area contributed by atoms with E-state index in [9.17, 15) is 14.0 Å². The van der Waals surface area contributed by atoms with Gasteiger partial charge in [0, 0.05) is 31.2 Å². The summed E-state index contributed by atoms with van der Waals surface area (Å²) in [4.78, 5) is 25.9. The van der Waals surface area contributed by atoms with Crippen LogP contribution in [-0.4, -0.2) is 36.0 Å². The summed E-state index contributed by atoms with van der Waals surface area (Å²) in [5, 5.41) is 5.64. The smallest absolute Gasteiger partial charge is 0.319 e. The van der Waals surface area contributed by atoms with Crippen molar-refractivity contribution in [2.24, 2.45) is 5.92 Å². The molecule has 0 radical (unpaired) electrons. The van der Waals surface area contributed by atoms with Crippen LogP contribution in [0.2, 0.25) is 0 Å². The number of carbonyl (C=O) groups excluding carboxylic acids is 2. The summed E-state index contributed by atoms with van der Waals surface area (Å²) in [5.41, 5.74) is 1.06. The van der Waals surface area contributed by atoms with Crippen LogP contribution >= 0.6 is 0 Å². The van der Waals surface area contributed by atoms with E-state index < -0.39 is 0 Å².